The van der Waals surface area contributed by atoms with Crippen molar-refractivity contribution >= 4 is 5.97 Å². The van der Waals surface area contributed by atoms with Gasteiger partial charge >= 0.3 is 5.97 Å². The first-order valence-corrected chi connectivity index (χ1v) is 4.76. The van der Waals surface area contributed by atoms with Crippen LogP contribution in [0.1, 0.15) is 6.92 Å². The van der Waals surface area contributed by atoms with Crippen molar-refractivity contribution in [3.8, 4) is 0 Å². The Hall–Kier alpha value is -0.690. The van der Waals surface area contributed by atoms with Gasteiger partial charge in [0.05, 0.1) is 25.9 Å². The summed E-state index contributed by atoms with van der Waals surface area (Å²) in [6, 6.07) is -0.996. The van der Waals surface area contributed by atoms with E-state index in [9.17, 15) is 4.79 Å². The quantitative estimate of drug-likeness (QED) is 0.399. The van der Waals surface area contributed by atoms with Gasteiger partial charge in [-0.2, -0.15) is 0 Å². The number of nitrogens with two attached hydrogens (primary N) is 1. The molecule has 0 aromatic carbocycles. The van der Waals surface area contributed by atoms with Gasteiger partial charge in [-0.1, -0.05) is 0 Å². The lowest BCUT2D eigenvalue weighted by Crippen LogP contribution is -2.41. The van der Waals surface area contributed by atoms with E-state index in [0.717, 1.165) is 0 Å². The monoisotopic (exact) mass is 221 g/mol. The van der Waals surface area contributed by atoms with Crippen molar-refractivity contribution in [2.45, 2.75) is 19.1 Å². The first kappa shape index (κ1) is 14.3. The minimum Gasteiger partial charge on any atom is -0.462 e. The van der Waals surface area contributed by atoms with E-state index in [2.05, 4.69) is 0 Å². The predicted molar refractivity (Wildman–Crippen MR) is 53.3 cm³/mol. The Balaban J connectivity index is 3.39. The Morgan fingerprint density at radius 3 is 2.47 bits per heavy atom. The summed E-state index contributed by atoms with van der Waals surface area (Å²) in [5.41, 5.74) is 5.34. The molecular weight excluding hydrogens is 202 g/mol. The molecule has 0 saturated carbocycles. The third kappa shape index (κ3) is 7.26. The van der Waals surface area contributed by atoms with E-state index < -0.39 is 18.1 Å². The molecule has 6 nitrogen and oxygen atoms in total. The van der Waals surface area contributed by atoms with Crippen LogP contribution in [0.25, 0.3) is 0 Å². The molecule has 0 spiro atoms. The average Bonchev–Trinajstić information content (AvgIpc) is 2.21. The number of methoxy groups -OCH3 is 1. The van der Waals surface area contributed by atoms with E-state index >= 15 is 0 Å². The van der Waals surface area contributed by atoms with Gasteiger partial charge < -0.3 is 25.1 Å². The summed E-state index contributed by atoms with van der Waals surface area (Å²) >= 11 is 0. The Kier molecular flexibility index (Phi) is 8.21. The molecule has 0 aromatic heterocycles. The number of ether oxygens (including phenoxy) is 3. The minimum atomic E-state index is -0.996. The summed E-state index contributed by atoms with van der Waals surface area (Å²) < 4.78 is 14.6. The molecule has 3 N–H and O–H groups in total. The van der Waals surface area contributed by atoms with Crippen LogP contribution in [0.5, 0.6) is 0 Å². The Labute approximate surface area is 89.3 Å². The van der Waals surface area contributed by atoms with Crippen LogP contribution in [0.4, 0.5) is 0 Å². The van der Waals surface area contributed by atoms with Gasteiger partial charge in [-0.25, -0.2) is 0 Å². The van der Waals surface area contributed by atoms with Crippen LogP contribution in [-0.2, 0) is 19.0 Å². The first-order valence-electron chi connectivity index (χ1n) is 4.76. The number of esters is 1. The fourth-order valence-electron chi connectivity index (χ4n) is 0.739. The summed E-state index contributed by atoms with van der Waals surface area (Å²) in [6.45, 7) is 2.81. The number of hydrogen-bond acceptors (Lipinski definition) is 6. The highest BCUT2D eigenvalue weighted by Crippen LogP contribution is 1.92. The minimum absolute atomic E-state index is 0.128. The maximum absolute atomic E-state index is 11.1. The normalized spacial score (nSPS) is 14.7. The van der Waals surface area contributed by atoms with Crippen LogP contribution in [-0.4, -0.2) is 56.8 Å². The van der Waals surface area contributed by atoms with Crippen molar-refractivity contribution in [1.82, 2.24) is 0 Å². The van der Waals surface area contributed by atoms with Crippen LogP contribution in [0.2, 0.25) is 0 Å². The third-order valence-corrected chi connectivity index (χ3v) is 1.70. The van der Waals surface area contributed by atoms with Gasteiger partial charge in [-0.15, -0.1) is 0 Å². The van der Waals surface area contributed by atoms with E-state index in [1.165, 1.54) is 6.92 Å². The number of aliphatic hydroxyl groups is 1. The zero-order valence-corrected chi connectivity index (χ0v) is 9.14. The maximum Gasteiger partial charge on any atom is 0.325 e. The number of carbonyl (C=O) groups is 1. The molecule has 0 saturated heterocycles. The lowest BCUT2D eigenvalue weighted by Gasteiger charge is -2.13. The highest BCUT2D eigenvalue weighted by molar-refractivity contribution is 5.76. The molecule has 0 unspecified atom stereocenters. The highest BCUT2D eigenvalue weighted by atomic mass is 16.6. The second kappa shape index (κ2) is 8.60. The van der Waals surface area contributed by atoms with Crippen molar-refractivity contribution in [1.29, 1.82) is 0 Å². The molecule has 0 aliphatic rings. The summed E-state index contributed by atoms with van der Waals surface area (Å²) in [5, 5.41) is 8.99. The van der Waals surface area contributed by atoms with Crippen LogP contribution >= 0.6 is 0 Å². The molecule has 2 atom stereocenters. The van der Waals surface area contributed by atoms with E-state index in [4.69, 9.17) is 25.1 Å². The summed E-state index contributed by atoms with van der Waals surface area (Å²) in [5.74, 6) is -0.625. The van der Waals surface area contributed by atoms with Gasteiger partial charge in [0, 0.05) is 7.11 Å². The highest BCUT2D eigenvalue weighted by Gasteiger charge is 2.19. The SMILES string of the molecule is COCCOCCOC(=O)[C@@H](N)[C@@H](C)O. The van der Waals surface area contributed by atoms with E-state index in [-0.39, 0.29) is 6.61 Å². The molecule has 0 fully saturated rings. The summed E-state index contributed by atoms with van der Waals surface area (Å²) in [6.07, 6.45) is -0.910. The third-order valence-electron chi connectivity index (χ3n) is 1.70. The number of hydrogen-bond donors (Lipinski definition) is 2. The van der Waals surface area contributed by atoms with Gasteiger partial charge in [0.2, 0.25) is 0 Å². The Morgan fingerprint density at radius 1 is 1.33 bits per heavy atom. The maximum atomic E-state index is 11.1. The first-order chi connectivity index (χ1) is 7.09. The predicted octanol–water partition coefficient (Wildman–Crippen LogP) is -1.10. The lowest BCUT2D eigenvalue weighted by atomic mass is 10.2. The molecule has 90 valence electrons. The smallest absolute Gasteiger partial charge is 0.325 e. The van der Waals surface area contributed by atoms with E-state index in [0.29, 0.717) is 19.8 Å². The second-order valence-corrected chi connectivity index (χ2v) is 3.04. The van der Waals surface area contributed by atoms with Crippen LogP contribution in [0, 0.1) is 0 Å². The summed E-state index contributed by atoms with van der Waals surface area (Å²) in [7, 11) is 1.57. The van der Waals surface area contributed by atoms with Crippen LogP contribution in [0.3, 0.4) is 0 Å². The van der Waals surface area contributed by atoms with Gasteiger partial charge in [-0.05, 0) is 6.92 Å². The van der Waals surface area contributed by atoms with Crippen molar-refractivity contribution in [3.63, 3.8) is 0 Å². The Morgan fingerprint density at radius 2 is 1.93 bits per heavy atom. The molecule has 0 rings (SSSR count). The van der Waals surface area contributed by atoms with E-state index in [1.54, 1.807) is 7.11 Å². The molecule has 0 radical (unpaired) electrons. The molecule has 0 aliphatic carbocycles. The molecular formula is C9H19NO5. The Bertz CT molecular complexity index is 174. The van der Waals surface area contributed by atoms with Gasteiger partial charge in [0.1, 0.15) is 12.6 Å². The van der Waals surface area contributed by atoms with Gasteiger partial charge in [-0.3, -0.25) is 4.79 Å². The topological polar surface area (TPSA) is 91.0 Å². The van der Waals surface area contributed by atoms with Crippen molar-refractivity contribution in [2.75, 3.05) is 33.5 Å². The van der Waals surface area contributed by atoms with Crippen molar-refractivity contribution in [2.24, 2.45) is 5.73 Å². The second-order valence-electron chi connectivity index (χ2n) is 3.04. The van der Waals surface area contributed by atoms with Crippen molar-refractivity contribution < 1.29 is 24.1 Å². The van der Waals surface area contributed by atoms with Gasteiger partial charge in [0.15, 0.2) is 0 Å². The van der Waals surface area contributed by atoms with Crippen molar-refractivity contribution in [3.05, 3.63) is 0 Å². The molecule has 0 heterocycles. The summed E-state index contributed by atoms with van der Waals surface area (Å²) in [4.78, 5) is 11.1. The fourth-order valence-corrected chi connectivity index (χ4v) is 0.739. The average molecular weight is 221 g/mol. The molecule has 0 bridgehead atoms. The largest absolute Gasteiger partial charge is 0.462 e. The number of rotatable bonds is 8. The fraction of sp³-hybridized carbons (Fsp3) is 0.889. The number of aliphatic hydroxyl groups excluding tert-OH is 1. The van der Waals surface area contributed by atoms with Crippen LogP contribution in [0.15, 0.2) is 0 Å². The molecule has 6 heteroatoms. The molecule has 0 aromatic rings. The van der Waals surface area contributed by atoms with Gasteiger partial charge in [0.25, 0.3) is 0 Å². The molecule has 0 aliphatic heterocycles. The molecule has 15 heavy (non-hydrogen) atoms. The van der Waals surface area contributed by atoms with Crippen LogP contribution < -0.4 is 5.73 Å². The zero-order valence-electron chi connectivity index (χ0n) is 9.14. The van der Waals surface area contributed by atoms with E-state index in [1.807, 2.05) is 0 Å². The zero-order chi connectivity index (χ0) is 11.7. The molecule has 0 amide bonds. The standard InChI is InChI=1S/C9H19NO5/c1-7(11)8(10)9(12)15-6-5-14-4-3-13-2/h7-8,11H,3-6,10H2,1-2H3/t7-,8+/m1/s1. The lowest BCUT2D eigenvalue weighted by molar-refractivity contribution is -0.149. The number of carbonyl (C=O) groups excluding carboxylic acids is 1.